The molecule has 0 heterocycles. The van der Waals surface area contributed by atoms with Crippen LogP contribution < -0.4 is 5.73 Å². The number of nitrogens with one attached hydrogen (secondary N) is 1. The molecule has 0 radical (unpaired) electrons. The quantitative estimate of drug-likeness (QED) is 0.438. The summed E-state index contributed by atoms with van der Waals surface area (Å²) in [6, 6.07) is 0. The predicted molar refractivity (Wildman–Crippen MR) is 36.9 cm³/mol. The molecule has 1 saturated carbocycles. The van der Waals surface area contributed by atoms with Gasteiger partial charge in [-0.2, -0.15) is 0 Å². The Morgan fingerprint density at radius 1 is 1.56 bits per heavy atom. The summed E-state index contributed by atoms with van der Waals surface area (Å²) in [4.78, 5) is 10.6. The number of carbonyl (C=O) groups excluding carboxylic acids is 1. The molecule has 0 amide bonds. The smallest absolute Gasteiger partial charge is 0.199 e. The summed E-state index contributed by atoms with van der Waals surface area (Å²) in [6.07, 6.45) is 1.86. The van der Waals surface area contributed by atoms with Crippen LogP contribution in [0.3, 0.4) is 0 Å². The molecule has 9 heavy (non-hydrogen) atoms. The van der Waals surface area contributed by atoms with Crippen molar-refractivity contribution in [1.29, 1.82) is 5.41 Å². The molecule has 0 unspecified atom stereocenters. The lowest BCUT2D eigenvalue weighted by atomic mass is 10.2. The van der Waals surface area contributed by atoms with Crippen LogP contribution in [0.15, 0.2) is 0 Å². The zero-order valence-electron chi connectivity index (χ0n) is 4.89. The van der Waals surface area contributed by atoms with E-state index < -0.39 is 0 Å². The van der Waals surface area contributed by atoms with Crippen LogP contribution in [0.2, 0.25) is 0 Å². The van der Waals surface area contributed by atoms with Gasteiger partial charge in [-0.1, -0.05) is 0 Å². The number of hydrogen-bond donors (Lipinski definition) is 2. The van der Waals surface area contributed by atoms with Gasteiger partial charge in [-0.3, -0.25) is 10.2 Å². The van der Waals surface area contributed by atoms with E-state index in [1.54, 1.807) is 0 Å². The molecule has 0 bridgehead atoms. The van der Waals surface area contributed by atoms with Crippen LogP contribution in [0.5, 0.6) is 0 Å². The second-order valence-electron chi connectivity index (χ2n) is 2.05. The number of nitrogens with two attached hydrogens (primary N) is 1. The topological polar surface area (TPSA) is 66.9 Å². The molecule has 1 aliphatic rings. The minimum Gasteiger partial charge on any atom is -0.381 e. The summed E-state index contributed by atoms with van der Waals surface area (Å²) in [7, 11) is 0. The Morgan fingerprint density at radius 3 is 2.11 bits per heavy atom. The first-order chi connectivity index (χ1) is 3.72. The lowest BCUT2D eigenvalue weighted by molar-refractivity contribution is -0.114. The van der Waals surface area contributed by atoms with Crippen molar-refractivity contribution in [2.45, 2.75) is 12.8 Å². The maximum absolute atomic E-state index is 10.6. The summed E-state index contributed by atoms with van der Waals surface area (Å²) in [6.45, 7) is 0. The molecule has 0 aliphatic heterocycles. The fraction of sp³-hybridized carbons (Fsp3) is 0.600. The molecule has 1 aliphatic carbocycles. The number of rotatable bonds is 2. The zero-order valence-corrected chi connectivity index (χ0v) is 5.70. The van der Waals surface area contributed by atoms with Gasteiger partial charge in [0.2, 0.25) is 0 Å². The van der Waals surface area contributed by atoms with Gasteiger partial charge in [0, 0.05) is 5.92 Å². The minimum absolute atomic E-state index is 0. The fourth-order valence-corrected chi connectivity index (χ4v) is 0.565. The van der Waals surface area contributed by atoms with E-state index in [1.807, 2.05) is 0 Å². The van der Waals surface area contributed by atoms with Crippen LogP contribution in [0.25, 0.3) is 0 Å². The van der Waals surface area contributed by atoms with Crippen molar-refractivity contribution in [3.8, 4) is 0 Å². The van der Waals surface area contributed by atoms with Crippen LogP contribution in [0, 0.1) is 11.3 Å². The molecular weight excluding hydrogens is 140 g/mol. The lowest BCUT2D eigenvalue weighted by Gasteiger charge is -1.88. The van der Waals surface area contributed by atoms with E-state index in [2.05, 4.69) is 0 Å². The lowest BCUT2D eigenvalue weighted by Crippen LogP contribution is -2.23. The number of carbonyl (C=O) groups is 1. The molecule has 1 fully saturated rings. The highest BCUT2D eigenvalue weighted by Crippen LogP contribution is 2.29. The normalized spacial score (nSPS) is 16.0. The summed E-state index contributed by atoms with van der Waals surface area (Å²) in [5.74, 6) is -0.356. The third-order valence-corrected chi connectivity index (χ3v) is 1.21. The third-order valence-electron chi connectivity index (χ3n) is 1.21. The predicted octanol–water partition coefficient (Wildman–Crippen LogP) is 0.323. The van der Waals surface area contributed by atoms with Crippen molar-refractivity contribution >= 4 is 24.0 Å². The number of amidine groups is 1. The highest BCUT2D eigenvalue weighted by molar-refractivity contribution is 6.38. The molecule has 0 atom stereocenters. The van der Waals surface area contributed by atoms with E-state index in [4.69, 9.17) is 11.1 Å². The minimum atomic E-state index is -0.285. The van der Waals surface area contributed by atoms with Gasteiger partial charge in [-0.15, -0.1) is 12.4 Å². The van der Waals surface area contributed by atoms with Gasteiger partial charge in [-0.05, 0) is 12.8 Å². The van der Waals surface area contributed by atoms with E-state index in [9.17, 15) is 4.79 Å². The van der Waals surface area contributed by atoms with Crippen molar-refractivity contribution in [2.75, 3.05) is 0 Å². The fourth-order valence-electron chi connectivity index (χ4n) is 0.565. The molecule has 0 aromatic heterocycles. The first kappa shape index (κ1) is 8.43. The second-order valence-corrected chi connectivity index (χ2v) is 2.05. The zero-order chi connectivity index (χ0) is 6.15. The standard InChI is InChI=1S/C5H8N2O.ClH/c6-5(7)4(8)3-1-2-3;/h3H,1-2H2,(H3,6,7);1H. The van der Waals surface area contributed by atoms with Gasteiger partial charge in [0.25, 0.3) is 0 Å². The molecule has 0 aromatic rings. The van der Waals surface area contributed by atoms with Crippen molar-refractivity contribution in [2.24, 2.45) is 11.7 Å². The second kappa shape index (κ2) is 2.82. The number of ketones is 1. The first-order valence-corrected chi connectivity index (χ1v) is 2.60. The monoisotopic (exact) mass is 148 g/mol. The highest BCUT2D eigenvalue weighted by Gasteiger charge is 2.30. The Balaban J connectivity index is 0.000000640. The van der Waals surface area contributed by atoms with Gasteiger partial charge < -0.3 is 5.73 Å². The third kappa shape index (κ3) is 2.01. The SMILES string of the molecule is Cl.N=C(N)C(=O)C1CC1. The van der Waals surface area contributed by atoms with E-state index >= 15 is 0 Å². The van der Waals surface area contributed by atoms with Crippen LogP contribution in [0.1, 0.15) is 12.8 Å². The molecule has 52 valence electrons. The average molecular weight is 149 g/mol. The average Bonchev–Trinajstić information content (AvgIpc) is 2.43. The molecule has 0 aromatic carbocycles. The Kier molecular flexibility index (Phi) is 2.65. The van der Waals surface area contributed by atoms with Crippen LogP contribution in [-0.4, -0.2) is 11.6 Å². The summed E-state index contributed by atoms with van der Waals surface area (Å²) >= 11 is 0. The van der Waals surface area contributed by atoms with Crippen LogP contribution in [-0.2, 0) is 4.79 Å². The molecule has 1 rings (SSSR count). The van der Waals surface area contributed by atoms with Crippen LogP contribution in [0.4, 0.5) is 0 Å². The molecule has 0 spiro atoms. The van der Waals surface area contributed by atoms with E-state index in [-0.39, 0.29) is 29.9 Å². The molecule has 3 nitrogen and oxygen atoms in total. The maximum Gasteiger partial charge on any atom is 0.199 e. The summed E-state index contributed by atoms with van der Waals surface area (Å²) < 4.78 is 0. The largest absolute Gasteiger partial charge is 0.381 e. The Labute approximate surface area is 59.5 Å². The number of hydrogen-bond acceptors (Lipinski definition) is 2. The highest BCUT2D eigenvalue weighted by atomic mass is 35.5. The Bertz CT molecular complexity index is 142. The van der Waals surface area contributed by atoms with Gasteiger partial charge in [0.15, 0.2) is 11.6 Å². The van der Waals surface area contributed by atoms with Gasteiger partial charge in [0.1, 0.15) is 0 Å². The van der Waals surface area contributed by atoms with Gasteiger partial charge in [-0.25, -0.2) is 0 Å². The van der Waals surface area contributed by atoms with E-state index in [0.717, 1.165) is 12.8 Å². The first-order valence-electron chi connectivity index (χ1n) is 2.60. The molecule has 3 N–H and O–H groups in total. The summed E-state index contributed by atoms with van der Waals surface area (Å²) in [5, 5.41) is 6.70. The van der Waals surface area contributed by atoms with Crippen molar-refractivity contribution in [3.05, 3.63) is 0 Å². The molecule has 0 saturated heterocycles. The molecule has 4 heteroatoms. The van der Waals surface area contributed by atoms with Gasteiger partial charge >= 0.3 is 0 Å². The van der Waals surface area contributed by atoms with Crippen molar-refractivity contribution in [3.63, 3.8) is 0 Å². The van der Waals surface area contributed by atoms with Crippen LogP contribution >= 0.6 is 12.4 Å². The van der Waals surface area contributed by atoms with Crippen molar-refractivity contribution < 1.29 is 4.79 Å². The summed E-state index contributed by atoms with van der Waals surface area (Å²) in [5.41, 5.74) is 4.91. The van der Waals surface area contributed by atoms with Gasteiger partial charge in [0.05, 0.1) is 0 Å². The molecular formula is C5H9ClN2O. The van der Waals surface area contributed by atoms with E-state index in [0.29, 0.717) is 0 Å². The van der Waals surface area contributed by atoms with E-state index in [1.165, 1.54) is 0 Å². The number of Topliss-reactive ketones (excluding diaryl/α,β-unsaturated/α-hetero) is 1. The van der Waals surface area contributed by atoms with Crippen molar-refractivity contribution in [1.82, 2.24) is 0 Å². The maximum atomic E-state index is 10.6. The Morgan fingerprint density at radius 2 is 2.00 bits per heavy atom. The Hall–Kier alpha value is -0.570. The number of halogens is 1.